The maximum Gasteiger partial charge on any atom is 0.420 e. The van der Waals surface area contributed by atoms with Crippen molar-refractivity contribution in [1.82, 2.24) is 9.55 Å². The number of benzene rings is 2. The van der Waals surface area contributed by atoms with Gasteiger partial charge in [0.25, 0.3) is 5.22 Å². The van der Waals surface area contributed by atoms with Crippen molar-refractivity contribution >= 4 is 49.9 Å². The molecule has 0 unspecified atom stereocenters. The van der Waals surface area contributed by atoms with E-state index < -0.39 is 5.76 Å². The van der Waals surface area contributed by atoms with Gasteiger partial charge in [0, 0.05) is 4.47 Å². The maximum atomic E-state index is 12.0. The van der Waals surface area contributed by atoms with Crippen molar-refractivity contribution in [2.75, 3.05) is 0 Å². The Kier molecular flexibility index (Phi) is 3.31. The summed E-state index contributed by atoms with van der Waals surface area (Å²) in [7, 11) is 0. The van der Waals surface area contributed by atoms with Gasteiger partial charge in [0.05, 0.1) is 11.4 Å². The summed E-state index contributed by atoms with van der Waals surface area (Å²) in [6.07, 6.45) is 0. The summed E-state index contributed by atoms with van der Waals surface area (Å²) in [5.74, 6) is -0.0166. The first-order valence-corrected chi connectivity index (χ1v) is 8.26. The first-order chi connectivity index (χ1) is 10.7. The summed E-state index contributed by atoms with van der Waals surface area (Å²) >= 11 is 4.71. The van der Waals surface area contributed by atoms with Crippen LogP contribution in [0.5, 0.6) is 0 Å². The molecule has 0 aliphatic heterocycles. The molecule has 2 heterocycles. The molecule has 4 rings (SSSR count). The van der Waals surface area contributed by atoms with Crippen LogP contribution in [0.15, 0.2) is 65.8 Å². The van der Waals surface area contributed by atoms with Crippen LogP contribution in [0.25, 0.3) is 22.2 Å². The zero-order chi connectivity index (χ0) is 15.1. The number of aromatic nitrogens is 2. The zero-order valence-electron chi connectivity index (χ0n) is 11.2. The number of hydrogen-bond acceptors (Lipinski definition) is 5. The third kappa shape index (κ3) is 2.36. The molecule has 22 heavy (non-hydrogen) atoms. The molecular weight excluding hydrogens is 368 g/mol. The molecule has 0 spiro atoms. The van der Waals surface area contributed by atoms with Crippen LogP contribution in [0.4, 0.5) is 0 Å². The molecule has 0 N–H and O–H groups in total. The van der Waals surface area contributed by atoms with E-state index in [4.69, 9.17) is 8.83 Å². The molecule has 0 bridgehead atoms. The predicted molar refractivity (Wildman–Crippen MR) is 88.0 cm³/mol. The largest absolute Gasteiger partial charge is 0.431 e. The molecule has 2 aromatic carbocycles. The number of nitrogens with zero attached hydrogens (tertiary/aromatic N) is 2. The van der Waals surface area contributed by atoms with Crippen LogP contribution in [0.2, 0.25) is 0 Å². The second-order valence-electron chi connectivity index (χ2n) is 4.63. The van der Waals surface area contributed by atoms with Gasteiger partial charge in [0.15, 0.2) is 11.2 Å². The van der Waals surface area contributed by atoms with Crippen molar-refractivity contribution < 1.29 is 8.83 Å². The van der Waals surface area contributed by atoms with Crippen molar-refractivity contribution in [2.24, 2.45) is 0 Å². The molecule has 0 saturated carbocycles. The van der Waals surface area contributed by atoms with E-state index in [0.29, 0.717) is 16.7 Å². The zero-order valence-corrected chi connectivity index (χ0v) is 13.6. The smallest absolute Gasteiger partial charge is 0.420 e. The van der Waals surface area contributed by atoms with Gasteiger partial charge in [-0.05, 0) is 42.1 Å². The van der Waals surface area contributed by atoms with Crippen LogP contribution in [-0.4, -0.2) is 9.55 Å². The number of oxazole rings is 2. The fraction of sp³-hybridized carbons (Fsp3) is 0.0667. The molecule has 0 fully saturated rings. The Morgan fingerprint density at radius 1 is 1.14 bits per heavy atom. The molecule has 0 aliphatic rings. The highest BCUT2D eigenvalue weighted by atomic mass is 79.9. The quantitative estimate of drug-likeness (QED) is 0.500. The number of thioether (sulfide) groups is 1. The molecular formula is C15H9BrN2O3S. The minimum Gasteiger partial charge on any atom is -0.431 e. The predicted octanol–water partition coefficient (Wildman–Crippen LogP) is 4.25. The molecule has 7 heteroatoms. The lowest BCUT2D eigenvalue weighted by molar-refractivity contribution is 0.487. The second-order valence-corrected chi connectivity index (χ2v) is 6.44. The number of para-hydroxylation sites is 2. The van der Waals surface area contributed by atoms with Crippen LogP contribution < -0.4 is 5.76 Å². The molecule has 2 aromatic heterocycles. The first-order valence-electron chi connectivity index (χ1n) is 6.48. The van der Waals surface area contributed by atoms with Crippen LogP contribution >= 0.6 is 27.7 Å². The number of hydrogen-bond donors (Lipinski definition) is 0. The second kappa shape index (κ2) is 5.33. The number of halogens is 1. The highest BCUT2D eigenvalue weighted by Crippen LogP contribution is 2.26. The van der Waals surface area contributed by atoms with Gasteiger partial charge >= 0.3 is 5.76 Å². The molecule has 110 valence electrons. The minimum absolute atomic E-state index is 0.375. The SMILES string of the molecule is O=c1oc2cc(Br)ccc2n1CSc1nc2ccccc2o1. The van der Waals surface area contributed by atoms with E-state index >= 15 is 0 Å². The van der Waals surface area contributed by atoms with Gasteiger partial charge in [0.1, 0.15) is 5.52 Å². The Hall–Kier alpha value is -1.99. The highest BCUT2D eigenvalue weighted by Gasteiger charge is 2.12. The van der Waals surface area contributed by atoms with Crippen LogP contribution in [-0.2, 0) is 5.88 Å². The topological polar surface area (TPSA) is 61.2 Å². The average Bonchev–Trinajstić information content (AvgIpc) is 3.04. The minimum atomic E-state index is -0.392. The highest BCUT2D eigenvalue weighted by molar-refractivity contribution is 9.10. The summed E-state index contributed by atoms with van der Waals surface area (Å²) in [4.78, 5) is 16.3. The molecule has 0 aliphatic carbocycles. The standard InChI is InChI=1S/C15H9BrN2O3S/c16-9-5-6-11-13(7-9)21-15(19)18(11)8-22-14-17-10-3-1-2-4-12(10)20-14/h1-7H,8H2. The van der Waals surface area contributed by atoms with Crippen molar-refractivity contribution in [3.8, 4) is 0 Å². The lowest BCUT2D eigenvalue weighted by Crippen LogP contribution is -2.12. The van der Waals surface area contributed by atoms with Crippen LogP contribution in [0.3, 0.4) is 0 Å². The van der Waals surface area contributed by atoms with Crippen molar-refractivity contribution in [3.63, 3.8) is 0 Å². The van der Waals surface area contributed by atoms with E-state index in [0.717, 1.165) is 21.1 Å². The Balaban J connectivity index is 1.66. The summed E-state index contributed by atoms with van der Waals surface area (Å²) in [6, 6.07) is 13.1. The van der Waals surface area contributed by atoms with E-state index in [1.165, 1.54) is 11.8 Å². The lowest BCUT2D eigenvalue weighted by Gasteiger charge is -1.99. The van der Waals surface area contributed by atoms with Crippen molar-refractivity contribution in [3.05, 3.63) is 57.5 Å². The molecule has 5 nitrogen and oxygen atoms in total. The third-order valence-corrected chi connectivity index (χ3v) is 4.52. The Bertz CT molecular complexity index is 1000. The van der Waals surface area contributed by atoms with Gasteiger partial charge in [-0.2, -0.15) is 0 Å². The fourth-order valence-electron chi connectivity index (χ4n) is 2.20. The van der Waals surface area contributed by atoms with Crippen molar-refractivity contribution in [2.45, 2.75) is 11.1 Å². The normalized spacial score (nSPS) is 11.5. The van der Waals surface area contributed by atoms with E-state index in [1.54, 1.807) is 10.6 Å². The van der Waals surface area contributed by atoms with Gasteiger partial charge in [-0.15, -0.1) is 0 Å². The van der Waals surface area contributed by atoms with E-state index in [-0.39, 0.29) is 0 Å². The molecule has 4 aromatic rings. The van der Waals surface area contributed by atoms with Crippen molar-refractivity contribution in [1.29, 1.82) is 0 Å². The molecule has 0 atom stereocenters. The molecule has 0 saturated heterocycles. The van der Waals surface area contributed by atoms with E-state index in [2.05, 4.69) is 20.9 Å². The van der Waals surface area contributed by atoms with E-state index in [9.17, 15) is 4.79 Å². The fourth-order valence-corrected chi connectivity index (χ4v) is 3.33. The Morgan fingerprint density at radius 3 is 2.86 bits per heavy atom. The Labute approximate surface area is 137 Å². The monoisotopic (exact) mass is 376 g/mol. The summed E-state index contributed by atoms with van der Waals surface area (Å²) < 4.78 is 13.3. The summed E-state index contributed by atoms with van der Waals surface area (Å²) in [5.41, 5.74) is 2.84. The molecule has 0 radical (unpaired) electrons. The van der Waals surface area contributed by atoms with Gasteiger partial charge in [-0.1, -0.05) is 28.1 Å². The average molecular weight is 377 g/mol. The van der Waals surface area contributed by atoms with Gasteiger partial charge < -0.3 is 8.83 Å². The van der Waals surface area contributed by atoms with Crippen LogP contribution in [0.1, 0.15) is 0 Å². The van der Waals surface area contributed by atoms with Gasteiger partial charge in [-0.3, -0.25) is 4.57 Å². The lowest BCUT2D eigenvalue weighted by atomic mass is 10.3. The summed E-state index contributed by atoms with van der Waals surface area (Å²) in [5, 5.41) is 0.527. The number of fused-ring (bicyclic) bond motifs is 2. The third-order valence-electron chi connectivity index (χ3n) is 3.22. The van der Waals surface area contributed by atoms with E-state index in [1.807, 2.05) is 36.4 Å². The van der Waals surface area contributed by atoms with Crippen LogP contribution in [0, 0.1) is 0 Å². The summed E-state index contributed by atoms with van der Waals surface area (Å²) in [6.45, 7) is 0. The van der Waals surface area contributed by atoms with Gasteiger partial charge in [-0.25, -0.2) is 9.78 Å². The first kappa shape index (κ1) is 13.7. The Morgan fingerprint density at radius 2 is 2.00 bits per heavy atom. The maximum absolute atomic E-state index is 12.0. The van der Waals surface area contributed by atoms with Gasteiger partial charge in [0.2, 0.25) is 0 Å². The molecule has 0 amide bonds. The number of rotatable bonds is 3.